The summed E-state index contributed by atoms with van der Waals surface area (Å²) < 4.78 is 57.6. The number of ether oxygens (including phenoxy) is 1. The van der Waals surface area contributed by atoms with E-state index in [2.05, 4.69) is 10.9 Å². The van der Waals surface area contributed by atoms with Crippen LogP contribution in [0.1, 0.15) is 19.8 Å². The maximum absolute atomic E-state index is 13.6. The molecule has 8 nitrogen and oxygen atoms in total. The number of nitrogens with zero attached hydrogens (tertiary/aromatic N) is 1. The number of hydrazine groups is 1. The number of benzene rings is 2. The van der Waals surface area contributed by atoms with Crippen molar-refractivity contribution in [1.82, 2.24) is 15.2 Å². The van der Waals surface area contributed by atoms with E-state index >= 15 is 0 Å². The molecular formula is C20H23F2N3O5S. The molecule has 31 heavy (non-hydrogen) atoms. The Kier molecular flexibility index (Phi) is 8.46. The van der Waals surface area contributed by atoms with E-state index in [1.165, 1.54) is 32.2 Å². The van der Waals surface area contributed by atoms with Crippen LogP contribution in [0.3, 0.4) is 0 Å². The van der Waals surface area contributed by atoms with Crippen molar-refractivity contribution in [3.8, 4) is 5.75 Å². The minimum Gasteiger partial charge on any atom is -0.478 e. The lowest BCUT2D eigenvalue weighted by Gasteiger charge is -2.17. The molecule has 0 aliphatic rings. The fraction of sp³-hybridized carbons (Fsp3) is 0.300. The second-order valence-electron chi connectivity index (χ2n) is 6.61. The molecule has 0 saturated heterocycles. The molecule has 0 aliphatic carbocycles. The van der Waals surface area contributed by atoms with Gasteiger partial charge < -0.3 is 4.74 Å². The molecule has 1 atom stereocenters. The van der Waals surface area contributed by atoms with Gasteiger partial charge >= 0.3 is 0 Å². The Morgan fingerprint density at radius 1 is 1.06 bits per heavy atom. The Bertz CT molecular complexity index is 1020. The number of carbonyl (C=O) groups excluding carboxylic acids is 2. The summed E-state index contributed by atoms with van der Waals surface area (Å²) in [5.41, 5.74) is 4.36. The standard InChI is InChI=1S/C20H23F2N3O5S/c1-14(30-18-7-4-3-6-17(18)22)20(27)24-23-19(26)8-5-13-25(2)31(28,29)16-11-9-15(21)10-12-16/h3-4,6-7,9-12,14H,5,8,13H2,1-2H3,(H,23,26)(H,24,27). The van der Waals surface area contributed by atoms with E-state index in [9.17, 15) is 26.8 Å². The summed E-state index contributed by atoms with van der Waals surface area (Å²) >= 11 is 0. The largest absolute Gasteiger partial charge is 0.478 e. The van der Waals surface area contributed by atoms with Gasteiger partial charge in [0, 0.05) is 20.0 Å². The van der Waals surface area contributed by atoms with Gasteiger partial charge in [-0.05, 0) is 49.7 Å². The van der Waals surface area contributed by atoms with Crippen molar-refractivity contribution in [1.29, 1.82) is 0 Å². The molecule has 1 unspecified atom stereocenters. The Hall–Kier alpha value is -3.05. The van der Waals surface area contributed by atoms with E-state index in [1.807, 2.05) is 0 Å². The van der Waals surface area contributed by atoms with Crippen LogP contribution < -0.4 is 15.6 Å². The molecule has 0 heterocycles. The lowest BCUT2D eigenvalue weighted by atomic mass is 10.3. The molecule has 0 aliphatic heterocycles. The molecule has 0 aromatic heterocycles. The first-order chi connectivity index (χ1) is 14.6. The Morgan fingerprint density at radius 3 is 2.35 bits per heavy atom. The highest BCUT2D eigenvalue weighted by molar-refractivity contribution is 7.89. The van der Waals surface area contributed by atoms with Crippen molar-refractivity contribution in [3.05, 3.63) is 60.2 Å². The molecule has 2 aromatic carbocycles. The van der Waals surface area contributed by atoms with E-state index in [-0.39, 0.29) is 30.0 Å². The van der Waals surface area contributed by atoms with Gasteiger partial charge in [0.15, 0.2) is 17.7 Å². The predicted molar refractivity (Wildman–Crippen MR) is 108 cm³/mol. The number of hydrogen-bond acceptors (Lipinski definition) is 5. The molecule has 0 fully saturated rings. The maximum atomic E-state index is 13.6. The van der Waals surface area contributed by atoms with Crippen LogP contribution in [0.25, 0.3) is 0 Å². The molecular weight excluding hydrogens is 432 g/mol. The van der Waals surface area contributed by atoms with Gasteiger partial charge in [-0.3, -0.25) is 20.4 Å². The van der Waals surface area contributed by atoms with Gasteiger partial charge in [-0.25, -0.2) is 21.5 Å². The number of rotatable bonds is 9. The highest BCUT2D eigenvalue weighted by Gasteiger charge is 2.21. The number of nitrogens with one attached hydrogen (secondary N) is 2. The van der Waals surface area contributed by atoms with Crippen molar-refractivity contribution in [2.45, 2.75) is 30.8 Å². The van der Waals surface area contributed by atoms with Gasteiger partial charge in [-0.2, -0.15) is 0 Å². The minimum atomic E-state index is -3.81. The van der Waals surface area contributed by atoms with Gasteiger partial charge in [-0.15, -0.1) is 0 Å². The van der Waals surface area contributed by atoms with Crippen molar-refractivity contribution in [3.63, 3.8) is 0 Å². The smallest absolute Gasteiger partial charge is 0.279 e. The van der Waals surface area contributed by atoms with E-state index in [0.717, 1.165) is 28.6 Å². The number of halogens is 2. The lowest BCUT2D eigenvalue weighted by molar-refractivity contribution is -0.132. The average molecular weight is 455 g/mol. The summed E-state index contributed by atoms with van der Waals surface area (Å²) in [5.74, 6) is -2.49. The summed E-state index contributed by atoms with van der Waals surface area (Å²) in [7, 11) is -2.46. The highest BCUT2D eigenvalue weighted by Crippen LogP contribution is 2.17. The molecule has 0 saturated carbocycles. The van der Waals surface area contributed by atoms with Crippen LogP contribution in [0.4, 0.5) is 8.78 Å². The van der Waals surface area contributed by atoms with Gasteiger partial charge in [-0.1, -0.05) is 12.1 Å². The zero-order valence-corrected chi connectivity index (χ0v) is 17.8. The van der Waals surface area contributed by atoms with Crippen LogP contribution in [0.2, 0.25) is 0 Å². The number of amides is 2. The van der Waals surface area contributed by atoms with Gasteiger partial charge in [0.05, 0.1) is 4.90 Å². The highest BCUT2D eigenvalue weighted by atomic mass is 32.2. The average Bonchev–Trinajstić information content (AvgIpc) is 2.73. The second kappa shape index (κ2) is 10.8. The van der Waals surface area contributed by atoms with Crippen LogP contribution >= 0.6 is 0 Å². The molecule has 2 N–H and O–H groups in total. The third-order valence-corrected chi connectivity index (χ3v) is 6.10. The third kappa shape index (κ3) is 7.00. The maximum Gasteiger partial charge on any atom is 0.279 e. The Balaban J connectivity index is 1.74. The summed E-state index contributed by atoms with van der Waals surface area (Å²) in [6.07, 6.45) is -0.948. The van der Waals surface area contributed by atoms with Gasteiger partial charge in [0.1, 0.15) is 5.82 Å². The fourth-order valence-corrected chi connectivity index (χ4v) is 3.66. The van der Waals surface area contributed by atoms with Crippen LogP contribution in [0, 0.1) is 11.6 Å². The molecule has 11 heteroatoms. The van der Waals surface area contributed by atoms with Crippen molar-refractivity contribution < 1.29 is 31.5 Å². The van der Waals surface area contributed by atoms with E-state index < -0.39 is 39.6 Å². The van der Waals surface area contributed by atoms with Crippen LogP contribution in [-0.2, 0) is 19.6 Å². The summed E-state index contributed by atoms with van der Waals surface area (Å²) in [5, 5.41) is 0. The number of hydrogen-bond donors (Lipinski definition) is 2. The second-order valence-corrected chi connectivity index (χ2v) is 8.66. The molecule has 2 amide bonds. The van der Waals surface area contributed by atoms with Gasteiger partial charge in [0.25, 0.3) is 5.91 Å². The lowest BCUT2D eigenvalue weighted by Crippen LogP contribution is -2.47. The predicted octanol–water partition coefficient (Wildman–Crippen LogP) is 1.98. The number of para-hydroxylation sites is 1. The first-order valence-corrected chi connectivity index (χ1v) is 10.8. The normalized spacial score (nSPS) is 12.3. The Labute approximate surface area is 179 Å². The van der Waals surface area contributed by atoms with E-state index in [4.69, 9.17) is 4.74 Å². The molecule has 0 spiro atoms. The van der Waals surface area contributed by atoms with Gasteiger partial charge in [0.2, 0.25) is 15.9 Å². The molecule has 168 valence electrons. The quantitative estimate of drug-likeness (QED) is 0.563. The monoisotopic (exact) mass is 455 g/mol. The molecule has 2 rings (SSSR count). The minimum absolute atomic E-state index is 0.0356. The topological polar surface area (TPSA) is 105 Å². The Morgan fingerprint density at radius 2 is 1.71 bits per heavy atom. The summed E-state index contributed by atoms with van der Waals surface area (Å²) in [6, 6.07) is 10.0. The van der Waals surface area contributed by atoms with Crippen LogP contribution in [-0.4, -0.2) is 44.2 Å². The van der Waals surface area contributed by atoms with Crippen molar-refractivity contribution in [2.24, 2.45) is 0 Å². The van der Waals surface area contributed by atoms with Crippen molar-refractivity contribution >= 4 is 21.8 Å². The number of sulfonamides is 1. The van der Waals surface area contributed by atoms with Crippen LogP contribution in [0.5, 0.6) is 5.75 Å². The van der Waals surface area contributed by atoms with Crippen molar-refractivity contribution in [2.75, 3.05) is 13.6 Å². The first-order valence-electron chi connectivity index (χ1n) is 9.33. The first kappa shape index (κ1) is 24.2. The van der Waals surface area contributed by atoms with E-state index in [1.54, 1.807) is 6.07 Å². The summed E-state index contributed by atoms with van der Waals surface area (Å²) in [4.78, 5) is 23.8. The SMILES string of the molecule is CC(Oc1ccccc1F)C(=O)NNC(=O)CCCN(C)S(=O)(=O)c1ccc(F)cc1. The molecule has 0 bridgehead atoms. The zero-order chi connectivity index (χ0) is 23.0. The molecule has 0 radical (unpaired) electrons. The summed E-state index contributed by atoms with van der Waals surface area (Å²) in [6.45, 7) is 1.43. The third-order valence-electron chi connectivity index (χ3n) is 4.23. The van der Waals surface area contributed by atoms with Crippen LogP contribution in [0.15, 0.2) is 53.4 Å². The zero-order valence-electron chi connectivity index (χ0n) is 17.0. The molecule has 2 aromatic rings. The van der Waals surface area contributed by atoms with E-state index in [0.29, 0.717) is 0 Å². The fourth-order valence-electron chi connectivity index (χ4n) is 2.45. The number of carbonyl (C=O) groups is 2.